The summed E-state index contributed by atoms with van der Waals surface area (Å²) >= 11 is 0. The first kappa shape index (κ1) is 15.1. The zero-order chi connectivity index (χ0) is 13.9. The van der Waals surface area contributed by atoms with Crippen LogP contribution in [-0.4, -0.2) is 41.3 Å². The van der Waals surface area contributed by atoms with Crippen LogP contribution < -0.4 is 11.5 Å². The molecule has 4 N–H and O–H groups in total. The number of hydrogen-bond donors (Lipinski definition) is 2. The number of hydrogen-bond acceptors (Lipinski definition) is 4. The summed E-state index contributed by atoms with van der Waals surface area (Å²) in [4.78, 5) is 25.9. The summed E-state index contributed by atoms with van der Waals surface area (Å²) in [5, 5.41) is 0. The van der Waals surface area contributed by atoms with Crippen LogP contribution in [0, 0.1) is 5.92 Å². The maximum atomic E-state index is 12.3. The number of nitrogens with two attached hydrogens (primary N) is 2. The van der Waals surface area contributed by atoms with Crippen molar-refractivity contribution in [2.24, 2.45) is 17.4 Å². The number of nitrogens with zero attached hydrogens (tertiary/aromatic N) is 1. The fourth-order valence-corrected chi connectivity index (χ4v) is 2.32. The lowest BCUT2D eigenvalue weighted by Crippen LogP contribution is -2.53. The van der Waals surface area contributed by atoms with Gasteiger partial charge in [-0.1, -0.05) is 20.3 Å². The van der Waals surface area contributed by atoms with Crippen LogP contribution in [0.3, 0.4) is 0 Å². The first-order valence-electron chi connectivity index (χ1n) is 6.75. The third-order valence-electron chi connectivity index (χ3n) is 3.86. The summed E-state index contributed by atoms with van der Waals surface area (Å²) in [5.41, 5.74) is 11.6. The molecule has 1 aliphatic heterocycles. The average molecular weight is 255 g/mol. The van der Waals surface area contributed by atoms with Crippen molar-refractivity contribution in [3.05, 3.63) is 0 Å². The Labute approximate surface area is 109 Å². The zero-order valence-corrected chi connectivity index (χ0v) is 11.6. The largest absolute Gasteiger partial charge is 0.331 e. The quantitative estimate of drug-likeness (QED) is 0.737. The van der Waals surface area contributed by atoms with Crippen LogP contribution >= 0.6 is 0 Å². The van der Waals surface area contributed by atoms with Gasteiger partial charge in [0.1, 0.15) is 0 Å². The van der Waals surface area contributed by atoms with Gasteiger partial charge in [-0.3, -0.25) is 9.59 Å². The highest BCUT2D eigenvalue weighted by molar-refractivity contribution is 5.94. The van der Waals surface area contributed by atoms with Crippen LogP contribution in [0.2, 0.25) is 0 Å². The van der Waals surface area contributed by atoms with E-state index in [4.69, 9.17) is 11.5 Å². The fourth-order valence-electron chi connectivity index (χ4n) is 2.32. The molecular formula is C13H25N3O2. The fraction of sp³-hybridized carbons (Fsp3) is 0.846. The van der Waals surface area contributed by atoms with Gasteiger partial charge in [0.05, 0.1) is 18.1 Å². The lowest BCUT2D eigenvalue weighted by atomic mass is 9.97. The highest BCUT2D eigenvalue weighted by atomic mass is 16.2. The molecular weight excluding hydrogens is 230 g/mol. The van der Waals surface area contributed by atoms with E-state index in [0.717, 1.165) is 12.8 Å². The molecule has 0 saturated carbocycles. The normalized spacial score (nSPS) is 24.7. The van der Waals surface area contributed by atoms with Crippen molar-refractivity contribution in [1.82, 2.24) is 4.90 Å². The second kappa shape index (κ2) is 6.29. The Balaban J connectivity index is 2.75. The van der Waals surface area contributed by atoms with Crippen LogP contribution in [0.4, 0.5) is 0 Å². The smallest absolute Gasteiger partial charge is 0.240 e. The van der Waals surface area contributed by atoms with E-state index in [0.29, 0.717) is 13.0 Å². The van der Waals surface area contributed by atoms with E-state index >= 15 is 0 Å². The summed E-state index contributed by atoms with van der Waals surface area (Å²) < 4.78 is 0. The highest BCUT2D eigenvalue weighted by Crippen LogP contribution is 2.21. The predicted molar refractivity (Wildman–Crippen MR) is 70.8 cm³/mol. The van der Waals surface area contributed by atoms with Gasteiger partial charge in [-0.15, -0.1) is 0 Å². The zero-order valence-electron chi connectivity index (χ0n) is 11.6. The van der Waals surface area contributed by atoms with Crippen molar-refractivity contribution >= 4 is 11.7 Å². The number of carbonyl (C=O) groups excluding carboxylic acids is 2. The number of ketones is 1. The second-order valence-electron chi connectivity index (χ2n) is 5.29. The van der Waals surface area contributed by atoms with E-state index < -0.39 is 12.1 Å². The van der Waals surface area contributed by atoms with E-state index in [9.17, 15) is 9.59 Å². The minimum Gasteiger partial charge on any atom is -0.331 e. The number of carbonyl (C=O) groups is 2. The summed E-state index contributed by atoms with van der Waals surface area (Å²) in [6.07, 6.45) is 2.41. The molecule has 0 radical (unpaired) electrons. The molecule has 0 spiro atoms. The summed E-state index contributed by atoms with van der Waals surface area (Å²) in [7, 11) is 0. The van der Waals surface area contributed by atoms with E-state index in [1.54, 1.807) is 11.8 Å². The monoisotopic (exact) mass is 255 g/mol. The molecule has 4 unspecified atom stereocenters. The maximum absolute atomic E-state index is 12.3. The Bertz CT molecular complexity index is 317. The van der Waals surface area contributed by atoms with E-state index in [-0.39, 0.29) is 23.7 Å². The van der Waals surface area contributed by atoms with Crippen molar-refractivity contribution in [3.8, 4) is 0 Å². The number of rotatable bonds is 5. The molecule has 1 saturated heterocycles. The second-order valence-corrected chi connectivity index (χ2v) is 5.29. The minimum atomic E-state index is -0.525. The van der Waals surface area contributed by atoms with Crippen molar-refractivity contribution in [2.75, 3.05) is 6.54 Å². The number of amides is 1. The Morgan fingerprint density at radius 3 is 2.44 bits per heavy atom. The molecule has 104 valence electrons. The van der Waals surface area contributed by atoms with Gasteiger partial charge < -0.3 is 16.4 Å². The van der Waals surface area contributed by atoms with E-state index in [2.05, 4.69) is 0 Å². The van der Waals surface area contributed by atoms with Crippen molar-refractivity contribution in [3.63, 3.8) is 0 Å². The van der Waals surface area contributed by atoms with Crippen molar-refractivity contribution in [2.45, 2.75) is 58.2 Å². The first-order chi connectivity index (χ1) is 8.40. The third-order valence-corrected chi connectivity index (χ3v) is 3.86. The highest BCUT2D eigenvalue weighted by Gasteiger charge is 2.37. The SMILES string of the molecule is CCC(C)C(N)C(=O)N1CCCC1C(=O)C(C)N. The molecule has 5 heteroatoms. The Morgan fingerprint density at radius 2 is 1.94 bits per heavy atom. The molecule has 0 aliphatic carbocycles. The molecule has 0 aromatic rings. The average Bonchev–Trinajstić information content (AvgIpc) is 2.83. The van der Waals surface area contributed by atoms with Crippen molar-refractivity contribution < 1.29 is 9.59 Å². The van der Waals surface area contributed by atoms with Gasteiger partial charge in [0.15, 0.2) is 5.78 Å². The molecule has 1 aliphatic rings. The lowest BCUT2D eigenvalue weighted by molar-refractivity contribution is -0.139. The molecule has 1 rings (SSSR count). The van der Waals surface area contributed by atoms with Crippen LogP contribution in [0.5, 0.6) is 0 Å². The van der Waals surface area contributed by atoms with E-state index in [1.807, 2.05) is 13.8 Å². The van der Waals surface area contributed by atoms with Gasteiger partial charge in [0.25, 0.3) is 0 Å². The molecule has 4 atom stereocenters. The maximum Gasteiger partial charge on any atom is 0.240 e. The summed E-state index contributed by atoms with van der Waals surface area (Å²) in [6.45, 7) is 6.25. The van der Waals surface area contributed by atoms with Crippen LogP contribution in [-0.2, 0) is 9.59 Å². The van der Waals surface area contributed by atoms with Gasteiger partial charge in [0.2, 0.25) is 5.91 Å². The molecule has 0 aromatic carbocycles. The molecule has 1 amide bonds. The first-order valence-corrected chi connectivity index (χ1v) is 6.75. The van der Waals surface area contributed by atoms with E-state index in [1.165, 1.54) is 0 Å². The minimum absolute atomic E-state index is 0.0581. The summed E-state index contributed by atoms with van der Waals surface area (Å²) in [6, 6.07) is -1.41. The molecule has 0 bridgehead atoms. The molecule has 0 aromatic heterocycles. The topological polar surface area (TPSA) is 89.4 Å². The molecule has 5 nitrogen and oxygen atoms in total. The number of likely N-dealkylation sites (tertiary alicyclic amines) is 1. The number of Topliss-reactive ketones (excluding diaryl/α,β-unsaturated/α-hetero) is 1. The molecule has 18 heavy (non-hydrogen) atoms. The molecule has 1 fully saturated rings. The molecule has 1 heterocycles. The van der Waals surface area contributed by atoms with Crippen molar-refractivity contribution in [1.29, 1.82) is 0 Å². The Hall–Kier alpha value is -0.940. The van der Waals surface area contributed by atoms with Crippen LogP contribution in [0.25, 0.3) is 0 Å². The summed E-state index contributed by atoms with van der Waals surface area (Å²) in [5.74, 6) is -0.0396. The van der Waals surface area contributed by atoms with Gasteiger partial charge in [-0.25, -0.2) is 0 Å². The lowest BCUT2D eigenvalue weighted by Gasteiger charge is -2.29. The standard InChI is InChI=1S/C13H25N3O2/c1-4-8(2)11(15)13(18)16-7-5-6-10(16)12(17)9(3)14/h8-11H,4-7,14-15H2,1-3H3. The van der Waals surface area contributed by atoms with Crippen LogP contribution in [0.1, 0.15) is 40.0 Å². The Morgan fingerprint density at radius 1 is 1.33 bits per heavy atom. The predicted octanol–water partition coefficient (Wildman–Crippen LogP) is 0.267. The Kier molecular flexibility index (Phi) is 5.28. The van der Waals surface area contributed by atoms with Gasteiger partial charge in [0, 0.05) is 6.54 Å². The van der Waals surface area contributed by atoms with Gasteiger partial charge in [-0.2, -0.15) is 0 Å². The van der Waals surface area contributed by atoms with Gasteiger partial charge in [-0.05, 0) is 25.7 Å². The van der Waals surface area contributed by atoms with Gasteiger partial charge >= 0.3 is 0 Å². The third kappa shape index (κ3) is 3.09. The van der Waals surface area contributed by atoms with Crippen LogP contribution in [0.15, 0.2) is 0 Å².